The molecule has 0 spiro atoms. The number of hydrogen-bond acceptors (Lipinski definition) is 5. The lowest BCUT2D eigenvalue weighted by Gasteiger charge is -2.32. The zero-order valence-electron chi connectivity index (χ0n) is 11.5. The van der Waals surface area contributed by atoms with E-state index in [0.29, 0.717) is 11.8 Å². The van der Waals surface area contributed by atoms with Crippen LogP contribution in [-0.2, 0) is 4.74 Å². The van der Waals surface area contributed by atoms with Crippen LogP contribution in [0.5, 0.6) is 0 Å². The molecule has 2 heterocycles. The van der Waals surface area contributed by atoms with E-state index < -0.39 is 0 Å². The first-order valence-electron chi connectivity index (χ1n) is 6.79. The summed E-state index contributed by atoms with van der Waals surface area (Å²) < 4.78 is 19.2. The minimum absolute atomic E-state index is 0.275. The van der Waals surface area contributed by atoms with E-state index >= 15 is 0 Å². The van der Waals surface area contributed by atoms with E-state index in [1.165, 1.54) is 6.20 Å². The standard InChI is InChI=1S/C13H21FN4O/c1-3-6-15-13-16-9-11(14)12(17-13)18(2)10-4-7-19-8-5-10/h9-10H,3-8H2,1-2H3,(H,15,16,17). The fraction of sp³-hybridized carbons (Fsp3) is 0.692. The van der Waals surface area contributed by atoms with Crippen LogP contribution >= 0.6 is 0 Å². The summed E-state index contributed by atoms with van der Waals surface area (Å²) in [7, 11) is 1.88. The maximum atomic E-state index is 13.9. The molecule has 1 aliphatic rings. The van der Waals surface area contributed by atoms with Crippen molar-refractivity contribution in [1.82, 2.24) is 9.97 Å². The maximum Gasteiger partial charge on any atom is 0.224 e. The van der Waals surface area contributed by atoms with Gasteiger partial charge in [0.15, 0.2) is 11.6 Å². The highest BCUT2D eigenvalue weighted by atomic mass is 19.1. The molecule has 1 aromatic rings. The van der Waals surface area contributed by atoms with Gasteiger partial charge in [-0.25, -0.2) is 9.37 Å². The van der Waals surface area contributed by atoms with Gasteiger partial charge in [0.1, 0.15) is 0 Å². The smallest absolute Gasteiger partial charge is 0.224 e. The Morgan fingerprint density at radius 1 is 1.47 bits per heavy atom. The molecule has 0 atom stereocenters. The van der Waals surface area contributed by atoms with Crippen molar-refractivity contribution in [2.45, 2.75) is 32.2 Å². The Kier molecular flexibility index (Phi) is 4.90. The van der Waals surface area contributed by atoms with Crippen molar-refractivity contribution < 1.29 is 9.13 Å². The number of halogens is 1. The van der Waals surface area contributed by atoms with E-state index in [-0.39, 0.29) is 11.9 Å². The highest BCUT2D eigenvalue weighted by Gasteiger charge is 2.22. The normalized spacial score (nSPS) is 16.4. The molecule has 1 fully saturated rings. The maximum absolute atomic E-state index is 13.9. The van der Waals surface area contributed by atoms with Crippen molar-refractivity contribution >= 4 is 11.8 Å². The van der Waals surface area contributed by atoms with Crippen LogP contribution < -0.4 is 10.2 Å². The van der Waals surface area contributed by atoms with Crippen molar-refractivity contribution in [3.63, 3.8) is 0 Å². The molecule has 6 heteroatoms. The van der Waals surface area contributed by atoms with Gasteiger partial charge < -0.3 is 15.0 Å². The molecule has 0 unspecified atom stereocenters. The first-order valence-corrected chi connectivity index (χ1v) is 6.79. The summed E-state index contributed by atoms with van der Waals surface area (Å²) in [6.07, 6.45) is 4.01. The van der Waals surface area contributed by atoms with Crippen LogP contribution in [0, 0.1) is 5.82 Å². The van der Waals surface area contributed by atoms with E-state index in [1.807, 2.05) is 11.9 Å². The fourth-order valence-corrected chi connectivity index (χ4v) is 2.17. The Hall–Kier alpha value is -1.43. The van der Waals surface area contributed by atoms with Crippen molar-refractivity contribution in [1.29, 1.82) is 0 Å². The van der Waals surface area contributed by atoms with Crippen LogP contribution in [0.25, 0.3) is 0 Å². The van der Waals surface area contributed by atoms with Gasteiger partial charge in [0.2, 0.25) is 5.95 Å². The molecule has 1 saturated heterocycles. The molecule has 0 bridgehead atoms. The lowest BCUT2D eigenvalue weighted by molar-refractivity contribution is 0.0852. The second-order valence-corrected chi connectivity index (χ2v) is 4.75. The molecule has 0 amide bonds. The first-order chi connectivity index (χ1) is 9.22. The number of hydrogen-bond donors (Lipinski definition) is 1. The fourth-order valence-electron chi connectivity index (χ4n) is 2.17. The van der Waals surface area contributed by atoms with E-state index in [1.54, 1.807) is 0 Å². The van der Waals surface area contributed by atoms with Crippen LogP contribution in [0.3, 0.4) is 0 Å². The zero-order chi connectivity index (χ0) is 13.7. The monoisotopic (exact) mass is 268 g/mol. The predicted molar refractivity (Wildman–Crippen MR) is 73.0 cm³/mol. The molecule has 0 saturated carbocycles. The molecule has 19 heavy (non-hydrogen) atoms. The lowest BCUT2D eigenvalue weighted by Crippen LogP contribution is -2.37. The number of rotatable bonds is 5. The van der Waals surface area contributed by atoms with Gasteiger partial charge >= 0.3 is 0 Å². The molecule has 1 aliphatic heterocycles. The van der Waals surface area contributed by atoms with Crippen LogP contribution in [0.1, 0.15) is 26.2 Å². The minimum atomic E-state index is -0.379. The van der Waals surface area contributed by atoms with Gasteiger partial charge in [-0.2, -0.15) is 4.98 Å². The van der Waals surface area contributed by atoms with Crippen molar-refractivity contribution in [2.24, 2.45) is 0 Å². The van der Waals surface area contributed by atoms with E-state index in [4.69, 9.17) is 4.74 Å². The van der Waals surface area contributed by atoms with Gasteiger partial charge in [-0.05, 0) is 19.3 Å². The summed E-state index contributed by atoms with van der Waals surface area (Å²) >= 11 is 0. The molecular formula is C13H21FN4O. The average molecular weight is 268 g/mol. The summed E-state index contributed by atoms with van der Waals surface area (Å²) in [5, 5.41) is 3.08. The van der Waals surface area contributed by atoms with Gasteiger partial charge in [0, 0.05) is 32.8 Å². The summed E-state index contributed by atoms with van der Waals surface area (Å²) in [4.78, 5) is 10.1. The lowest BCUT2D eigenvalue weighted by atomic mass is 10.1. The van der Waals surface area contributed by atoms with E-state index in [9.17, 15) is 4.39 Å². The van der Waals surface area contributed by atoms with Gasteiger partial charge in [-0.1, -0.05) is 6.92 Å². The SMILES string of the molecule is CCCNc1ncc(F)c(N(C)C2CCOCC2)n1. The van der Waals surface area contributed by atoms with Crippen LogP contribution in [-0.4, -0.2) is 42.8 Å². The molecule has 106 valence electrons. The molecule has 0 aliphatic carbocycles. The van der Waals surface area contributed by atoms with Gasteiger partial charge in [-0.15, -0.1) is 0 Å². The summed E-state index contributed by atoms with van der Waals surface area (Å²) in [5.41, 5.74) is 0. The third-order valence-corrected chi connectivity index (χ3v) is 3.33. The number of aromatic nitrogens is 2. The third-order valence-electron chi connectivity index (χ3n) is 3.33. The zero-order valence-corrected chi connectivity index (χ0v) is 11.5. The van der Waals surface area contributed by atoms with Crippen LogP contribution in [0.2, 0.25) is 0 Å². The topological polar surface area (TPSA) is 50.3 Å². The average Bonchev–Trinajstić information content (AvgIpc) is 2.46. The minimum Gasteiger partial charge on any atom is -0.381 e. The van der Waals surface area contributed by atoms with Crippen LogP contribution in [0.4, 0.5) is 16.2 Å². The quantitative estimate of drug-likeness (QED) is 0.885. The number of nitrogens with zero attached hydrogens (tertiary/aromatic N) is 3. The predicted octanol–water partition coefficient (Wildman–Crippen LogP) is 2.05. The second kappa shape index (κ2) is 6.65. The summed E-state index contributed by atoms with van der Waals surface area (Å²) in [5.74, 6) is 0.466. The molecule has 0 radical (unpaired) electrons. The molecule has 1 aromatic heterocycles. The molecule has 0 aromatic carbocycles. The largest absolute Gasteiger partial charge is 0.381 e. The number of anilines is 2. The third kappa shape index (κ3) is 3.53. The Bertz CT molecular complexity index is 410. The second-order valence-electron chi connectivity index (χ2n) is 4.75. The Morgan fingerprint density at radius 2 is 2.21 bits per heavy atom. The van der Waals surface area contributed by atoms with Crippen molar-refractivity contribution in [3.05, 3.63) is 12.0 Å². The molecule has 2 rings (SSSR count). The Morgan fingerprint density at radius 3 is 2.89 bits per heavy atom. The first kappa shape index (κ1) is 14.0. The highest BCUT2D eigenvalue weighted by Crippen LogP contribution is 2.22. The Labute approximate surface area is 113 Å². The summed E-state index contributed by atoms with van der Waals surface area (Å²) in [6, 6.07) is 0.275. The van der Waals surface area contributed by atoms with Crippen molar-refractivity contribution in [3.8, 4) is 0 Å². The summed E-state index contributed by atoms with van der Waals surface area (Å²) in [6.45, 7) is 4.29. The molecule has 1 N–H and O–H groups in total. The van der Waals surface area contributed by atoms with Gasteiger partial charge in [-0.3, -0.25) is 0 Å². The van der Waals surface area contributed by atoms with Crippen LogP contribution in [0.15, 0.2) is 6.20 Å². The van der Waals surface area contributed by atoms with E-state index in [2.05, 4.69) is 22.2 Å². The van der Waals surface area contributed by atoms with E-state index in [0.717, 1.165) is 39.0 Å². The van der Waals surface area contributed by atoms with Gasteiger partial charge in [0.25, 0.3) is 0 Å². The van der Waals surface area contributed by atoms with Gasteiger partial charge in [0.05, 0.1) is 6.20 Å². The van der Waals surface area contributed by atoms with Crippen molar-refractivity contribution in [2.75, 3.05) is 37.0 Å². The molecule has 5 nitrogen and oxygen atoms in total. The number of ether oxygens (including phenoxy) is 1. The highest BCUT2D eigenvalue weighted by molar-refractivity contribution is 5.44. The Balaban J connectivity index is 2.12. The number of nitrogens with one attached hydrogen (secondary N) is 1. The molecular weight excluding hydrogens is 247 g/mol.